The Hall–Kier alpha value is -1.99. The van der Waals surface area contributed by atoms with Gasteiger partial charge in [-0.15, -0.1) is 8.13 Å². The molecule has 1 amide bonds. The van der Waals surface area contributed by atoms with Gasteiger partial charge in [-0.3, -0.25) is 4.79 Å². The van der Waals surface area contributed by atoms with Gasteiger partial charge in [-0.1, -0.05) is 35.9 Å². The van der Waals surface area contributed by atoms with Crippen LogP contribution in [0.25, 0.3) is 0 Å². The smallest absolute Gasteiger partial charge is 0.266 e. The van der Waals surface area contributed by atoms with Crippen LogP contribution in [0.15, 0.2) is 67.6 Å². The van der Waals surface area contributed by atoms with Crippen molar-refractivity contribution in [3.05, 3.63) is 65.7 Å². The quantitative estimate of drug-likeness (QED) is 0.817. The van der Waals surface area contributed by atoms with E-state index in [1.54, 1.807) is 54.6 Å². The predicted octanol–water partition coefficient (Wildman–Crippen LogP) is 3.84. The van der Waals surface area contributed by atoms with E-state index in [-0.39, 0.29) is 0 Å². The van der Waals surface area contributed by atoms with Gasteiger partial charge in [0.2, 0.25) is 0 Å². The van der Waals surface area contributed by atoms with Crippen molar-refractivity contribution in [2.24, 2.45) is 8.13 Å². The van der Waals surface area contributed by atoms with Gasteiger partial charge in [0, 0.05) is 17.1 Å². The molecule has 0 spiro atoms. The summed E-state index contributed by atoms with van der Waals surface area (Å²) < 4.78 is 34.5. The van der Waals surface area contributed by atoms with E-state index in [0.717, 1.165) is 18.4 Å². The van der Waals surface area contributed by atoms with E-state index in [9.17, 15) is 13.2 Å². The lowest BCUT2D eigenvalue weighted by molar-refractivity contribution is 0.100. The zero-order valence-electron chi connectivity index (χ0n) is 14.0. The molecule has 3 rings (SSSR count). The summed E-state index contributed by atoms with van der Waals surface area (Å²) in [4.78, 5) is 12.8. The number of benzene rings is 2. The third-order valence-corrected chi connectivity index (χ3v) is 9.02. The second kappa shape index (κ2) is 7.09. The highest BCUT2D eigenvalue weighted by molar-refractivity contribution is 8.04. The molecule has 5 nitrogen and oxygen atoms in total. The molecule has 7 heteroatoms. The molecule has 1 aliphatic rings. The lowest BCUT2D eigenvalue weighted by atomic mass is 10.2. The zero-order valence-corrected chi connectivity index (χ0v) is 15.6. The van der Waals surface area contributed by atoms with Crippen LogP contribution in [0, 0.1) is 6.92 Å². The molecule has 1 fully saturated rings. The molecule has 0 aliphatic carbocycles. The summed E-state index contributed by atoms with van der Waals surface area (Å²) in [6, 6.07) is 15.3. The number of hydrogen-bond acceptors (Lipinski definition) is 3. The summed E-state index contributed by atoms with van der Waals surface area (Å²) in [6.45, 7) is 1.91. The first-order valence-electron chi connectivity index (χ1n) is 8.07. The van der Waals surface area contributed by atoms with Crippen molar-refractivity contribution in [2.45, 2.75) is 24.7 Å². The van der Waals surface area contributed by atoms with Crippen LogP contribution < -0.4 is 0 Å². The van der Waals surface area contributed by atoms with Gasteiger partial charge >= 0.3 is 0 Å². The standard InChI is InChI=1S/C18H20N2O3S2/c1-15-9-11-17(12-10-15)25(23,20-24(22)13-5-6-14-24)19-18(21)16-7-3-2-4-8-16/h2-4,7-12H,5-6,13-14H2,1H3. The summed E-state index contributed by atoms with van der Waals surface area (Å²) in [5, 5.41) is 0. The minimum Gasteiger partial charge on any atom is -0.266 e. The maximum atomic E-state index is 13.5. The number of carbonyl (C=O) groups is 1. The van der Waals surface area contributed by atoms with Crippen molar-refractivity contribution >= 4 is 25.6 Å². The van der Waals surface area contributed by atoms with Gasteiger partial charge in [-0.05, 0) is 44.0 Å². The average Bonchev–Trinajstić information content (AvgIpc) is 3.01. The van der Waals surface area contributed by atoms with Crippen LogP contribution in [0.4, 0.5) is 0 Å². The molecule has 0 aromatic heterocycles. The molecule has 0 bridgehead atoms. The summed E-state index contributed by atoms with van der Waals surface area (Å²) >= 11 is 0. The predicted molar refractivity (Wildman–Crippen MR) is 100 cm³/mol. The molecule has 1 unspecified atom stereocenters. The molecule has 2 aromatic rings. The van der Waals surface area contributed by atoms with Crippen LogP contribution in [-0.4, -0.2) is 25.8 Å². The Bertz CT molecular complexity index is 1000. The van der Waals surface area contributed by atoms with E-state index < -0.39 is 25.6 Å². The van der Waals surface area contributed by atoms with Gasteiger partial charge in [0.05, 0.1) is 14.6 Å². The van der Waals surface area contributed by atoms with E-state index in [0.29, 0.717) is 22.0 Å². The fourth-order valence-corrected chi connectivity index (χ4v) is 7.58. The highest BCUT2D eigenvalue weighted by atomic mass is 32.3. The van der Waals surface area contributed by atoms with Gasteiger partial charge < -0.3 is 0 Å². The fraction of sp³-hybridized carbons (Fsp3) is 0.278. The van der Waals surface area contributed by atoms with Crippen LogP contribution in [-0.2, 0) is 19.6 Å². The van der Waals surface area contributed by atoms with E-state index in [4.69, 9.17) is 0 Å². The normalized spacial score (nSPS) is 18.3. The number of hydrogen-bond donors (Lipinski definition) is 0. The molecule has 1 atom stereocenters. The fourth-order valence-electron chi connectivity index (χ4n) is 2.59. The number of amides is 1. The minimum absolute atomic E-state index is 0.317. The Balaban J connectivity index is 2.17. The largest absolute Gasteiger partial charge is 0.286 e. The van der Waals surface area contributed by atoms with Gasteiger partial charge in [0.25, 0.3) is 5.91 Å². The zero-order chi connectivity index (χ0) is 17.9. The first-order chi connectivity index (χ1) is 11.9. The van der Waals surface area contributed by atoms with Crippen LogP contribution in [0.2, 0.25) is 0 Å². The Morgan fingerprint density at radius 3 is 2.20 bits per heavy atom. The van der Waals surface area contributed by atoms with E-state index in [2.05, 4.69) is 8.13 Å². The molecular formula is C18H20N2O3S2. The van der Waals surface area contributed by atoms with Crippen LogP contribution >= 0.6 is 0 Å². The minimum atomic E-state index is -3.45. The third kappa shape index (κ3) is 4.16. The van der Waals surface area contributed by atoms with Crippen molar-refractivity contribution in [3.63, 3.8) is 0 Å². The molecule has 1 aliphatic heterocycles. The topological polar surface area (TPSA) is 75.9 Å². The number of carbonyl (C=O) groups excluding carboxylic acids is 1. The highest BCUT2D eigenvalue weighted by Gasteiger charge is 2.23. The van der Waals surface area contributed by atoms with Crippen molar-refractivity contribution in [1.29, 1.82) is 0 Å². The van der Waals surface area contributed by atoms with Crippen LogP contribution in [0.1, 0.15) is 28.8 Å². The summed E-state index contributed by atoms with van der Waals surface area (Å²) in [7, 11) is -6.04. The van der Waals surface area contributed by atoms with Gasteiger partial charge in [-0.25, -0.2) is 8.42 Å². The Morgan fingerprint density at radius 2 is 1.60 bits per heavy atom. The first kappa shape index (κ1) is 17.8. The number of aryl methyl sites for hydroxylation is 1. The lowest BCUT2D eigenvalue weighted by Crippen LogP contribution is -2.09. The monoisotopic (exact) mass is 376 g/mol. The summed E-state index contributed by atoms with van der Waals surface area (Å²) in [5.41, 5.74) is 1.32. The molecule has 132 valence electrons. The second-order valence-electron chi connectivity index (χ2n) is 6.03. The number of rotatable bonds is 3. The molecule has 2 aromatic carbocycles. The Kier molecular flexibility index (Phi) is 5.06. The van der Waals surface area contributed by atoms with Crippen molar-refractivity contribution in [1.82, 2.24) is 0 Å². The number of nitrogens with zero attached hydrogens (tertiary/aromatic N) is 2. The van der Waals surface area contributed by atoms with E-state index in [1.807, 2.05) is 6.92 Å². The van der Waals surface area contributed by atoms with Crippen molar-refractivity contribution < 1.29 is 13.2 Å². The molecule has 0 N–H and O–H groups in total. The molecule has 25 heavy (non-hydrogen) atoms. The van der Waals surface area contributed by atoms with Gasteiger partial charge in [0.1, 0.15) is 0 Å². The van der Waals surface area contributed by atoms with E-state index in [1.165, 1.54) is 0 Å². The molecule has 1 heterocycles. The molecular weight excluding hydrogens is 356 g/mol. The average molecular weight is 377 g/mol. The molecule has 0 radical (unpaired) electrons. The van der Waals surface area contributed by atoms with Gasteiger partial charge in [0.15, 0.2) is 9.92 Å². The highest BCUT2D eigenvalue weighted by Crippen LogP contribution is 2.23. The van der Waals surface area contributed by atoms with Crippen molar-refractivity contribution in [2.75, 3.05) is 11.5 Å². The Morgan fingerprint density at radius 1 is 1.00 bits per heavy atom. The molecule has 1 saturated heterocycles. The first-order valence-corrected chi connectivity index (χ1v) is 11.4. The Labute approximate surface area is 149 Å². The van der Waals surface area contributed by atoms with E-state index >= 15 is 0 Å². The maximum absolute atomic E-state index is 13.5. The lowest BCUT2D eigenvalue weighted by Gasteiger charge is -2.08. The van der Waals surface area contributed by atoms with Crippen molar-refractivity contribution in [3.8, 4) is 0 Å². The summed E-state index contributed by atoms with van der Waals surface area (Å²) in [6.07, 6.45) is 1.58. The molecule has 0 saturated carbocycles. The van der Waals surface area contributed by atoms with Gasteiger partial charge in [-0.2, -0.15) is 0 Å². The van der Waals surface area contributed by atoms with Crippen LogP contribution in [0.5, 0.6) is 0 Å². The van der Waals surface area contributed by atoms with Crippen LogP contribution in [0.3, 0.4) is 0 Å². The summed E-state index contributed by atoms with van der Waals surface area (Å²) in [5.74, 6) is 0.200. The second-order valence-corrected chi connectivity index (χ2v) is 10.6. The third-order valence-electron chi connectivity index (χ3n) is 3.97. The SMILES string of the molecule is Cc1ccc(S(=O)(N=S2(=O)CCCC2)=NC(=O)c2ccccc2)cc1. The maximum Gasteiger partial charge on any atom is 0.286 e.